The molecule has 2 aromatic carbocycles. The third-order valence-electron chi connectivity index (χ3n) is 2.76. The Balaban J connectivity index is 2.28. The van der Waals surface area contributed by atoms with Crippen LogP contribution in [-0.2, 0) is 0 Å². The van der Waals surface area contributed by atoms with Crippen LogP contribution in [0.15, 0.2) is 51.8 Å². The maximum absolute atomic E-state index is 12.4. The SMILES string of the molecule is COc1cc(Br)ccc1C(=O)Nc1ccccc1SC. The van der Waals surface area contributed by atoms with Gasteiger partial charge in [-0.05, 0) is 36.6 Å². The zero-order valence-corrected chi connectivity index (χ0v) is 13.5. The van der Waals surface area contributed by atoms with Crippen LogP contribution >= 0.6 is 27.7 Å². The smallest absolute Gasteiger partial charge is 0.259 e. The van der Waals surface area contributed by atoms with Crippen molar-refractivity contribution in [1.82, 2.24) is 0 Å². The molecule has 0 spiro atoms. The lowest BCUT2D eigenvalue weighted by Crippen LogP contribution is -2.13. The number of hydrogen-bond donors (Lipinski definition) is 1. The molecule has 0 bridgehead atoms. The van der Waals surface area contributed by atoms with Gasteiger partial charge in [-0.15, -0.1) is 11.8 Å². The highest BCUT2D eigenvalue weighted by Crippen LogP contribution is 2.27. The summed E-state index contributed by atoms with van der Waals surface area (Å²) in [6.07, 6.45) is 1.98. The first-order chi connectivity index (χ1) is 9.65. The van der Waals surface area contributed by atoms with E-state index in [-0.39, 0.29) is 5.91 Å². The number of benzene rings is 2. The first kappa shape index (κ1) is 14.9. The number of carbonyl (C=O) groups excluding carboxylic acids is 1. The summed E-state index contributed by atoms with van der Waals surface area (Å²) in [5, 5.41) is 2.92. The molecule has 0 aliphatic heterocycles. The number of amides is 1. The minimum Gasteiger partial charge on any atom is -0.496 e. The van der Waals surface area contributed by atoms with Crippen LogP contribution in [0.5, 0.6) is 5.75 Å². The quantitative estimate of drug-likeness (QED) is 0.828. The van der Waals surface area contributed by atoms with Crippen LogP contribution in [0.2, 0.25) is 0 Å². The van der Waals surface area contributed by atoms with Crippen LogP contribution in [0.1, 0.15) is 10.4 Å². The van der Waals surface area contributed by atoms with Crippen molar-refractivity contribution < 1.29 is 9.53 Å². The van der Waals surface area contributed by atoms with Gasteiger partial charge in [0.25, 0.3) is 5.91 Å². The molecule has 0 saturated heterocycles. The second-order valence-electron chi connectivity index (χ2n) is 4.00. The molecular formula is C15H14BrNO2S. The van der Waals surface area contributed by atoms with E-state index in [1.54, 1.807) is 31.0 Å². The predicted molar refractivity (Wildman–Crippen MR) is 86.9 cm³/mol. The molecule has 0 saturated carbocycles. The molecule has 0 fully saturated rings. The molecule has 2 rings (SSSR count). The average Bonchev–Trinajstić information content (AvgIpc) is 2.47. The number of rotatable bonds is 4. The zero-order chi connectivity index (χ0) is 14.5. The lowest BCUT2D eigenvalue weighted by Gasteiger charge is -2.11. The Morgan fingerprint density at radius 1 is 1.25 bits per heavy atom. The van der Waals surface area contributed by atoms with Crippen molar-refractivity contribution in [1.29, 1.82) is 0 Å². The van der Waals surface area contributed by atoms with Crippen molar-refractivity contribution in [2.75, 3.05) is 18.7 Å². The number of ether oxygens (including phenoxy) is 1. The van der Waals surface area contributed by atoms with E-state index >= 15 is 0 Å². The number of anilines is 1. The number of thioether (sulfide) groups is 1. The number of carbonyl (C=O) groups is 1. The molecule has 0 aliphatic carbocycles. The molecule has 104 valence electrons. The number of hydrogen-bond acceptors (Lipinski definition) is 3. The first-order valence-electron chi connectivity index (χ1n) is 5.93. The number of nitrogens with one attached hydrogen (secondary N) is 1. The summed E-state index contributed by atoms with van der Waals surface area (Å²) in [6, 6.07) is 13.0. The van der Waals surface area contributed by atoms with Crippen molar-refractivity contribution in [3.8, 4) is 5.75 Å². The Bertz CT molecular complexity index is 631. The molecule has 0 unspecified atom stereocenters. The van der Waals surface area contributed by atoms with Gasteiger partial charge in [-0.2, -0.15) is 0 Å². The summed E-state index contributed by atoms with van der Waals surface area (Å²) in [4.78, 5) is 13.4. The fourth-order valence-electron chi connectivity index (χ4n) is 1.79. The maximum atomic E-state index is 12.4. The van der Waals surface area contributed by atoms with E-state index in [1.807, 2.05) is 36.6 Å². The summed E-state index contributed by atoms with van der Waals surface area (Å²) < 4.78 is 6.12. The summed E-state index contributed by atoms with van der Waals surface area (Å²) in [7, 11) is 1.55. The second kappa shape index (κ2) is 6.81. The van der Waals surface area contributed by atoms with Gasteiger partial charge >= 0.3 is 0 Å². The molecule has 3 nitrogen and oxygen atoms in total. The van der Waals surface area contributed by atoms with E-state index in [4.69, 9.17) is 4.74 Å². The Kier molecular flexibility index (Phi) is 5.09. The lowest BCUT2D eigenvalue weighted by atomic mass is 10.2. The van der Waals surface area contributed by atoms with Gasteiger partial charge in [-0.1, -0.05) is 28.1 Å². The Morgan fingerprint density at radius 3 is 2.70 bits per heavy atom. The molecule has 0 aliphatic rings. The van der Waals surface area contributed by atoms with E-state index in [9.17, 15) is 4.79 Å². The van der Waals surface area contributed by atoms with E-state index < -0.39 is 0 Å². The van der Waals surface area contributed by atoms with Crippen LogP contribution in [0.25, 0.3) is 0 Å². The highest BCUT2D eigenvalue weighted by molar-refractivity contribution is 9.10. The van der Waals surface area contributed by atoms with Crippen LogP contribution in [0.3, 0.4) is 0 Å². The lowest BCUT2D eigenvalue weighted by molar-refractivity contribution is 0.102. The molecule has 20 heavy (non-hydrogen) atoms. The van der Waals surface area contributed by atoms with Gasteiger partial charge in [-0.25, -0.2) is 0 Å². The minimum atomic E-state index is -0.184. The third-order valence-corrected chi connectivity index (χ3v) is 4.05. The van der Waals surface area contributed by atoms with Crippen molar-refractivity contribution in [3.63, 3.8) is 0 Å². The van der Waals surface area contributed by atoms with Gasteiger partial charge < -0.3 is 10.1 Å². The molecule has 1 amide bonds. The molecule has 1 N–H and O–H groups in total. The van der Waals surface area contributed by atoms with Gasteiger partial charge in [0, 0.05) is 9.37 Å². The zero-order valence-electron chi connectivity index (χ0n) is 11.1. The summed E-state index contributed by atoms with van der Waals surface area (Å²) in [5.74, 6) is 0.356. The minimum absolute atomic E-state index is 0.184. The molecule has 5 heteroatoms. The Hall–Kier alpha value is -1.46. The van der Waals surface area contributed by atoms with E-state index in [1.165, 1.54) is 0 Å². The van der Waals surface area contributed by atoms with Crippen LogP contribution < -0.4 is 10.1 Å². The molecule has 2 aromatic rings. The van der Waals surface area contributed by atoms with Crippen molar-refractivity contribution in [2.24, 2.45) is 0 Å². The average molecular weight is 352 g/mol. The fourth-order valence-corrected chi connectivity index (χ4v) is 2.68. The fraction of sp³-hybridized carbons (Fsp3) is 0.133. The normalized spacial score (nSPS) is 10.2. The van der Waals surface area contributed by atoms with E-state index in [0.29, 0.717) is 11.3 Å². The topological polar surface area (TPSA) is 38.3 Å². The summed E-state index contributed by atoms with van der Waals surface area (Å²) >= 11 is 4.95. The van der Waals surface area contributed by atoms with Crippen LogP contribution in [0.4, 0.5) is 5.69 Å². The largest absolute Gasteiger partial charge is 0.496 e. The monoisotopic (exact) mass is 351 g/mol. The van der Waals surface area contributed by atoms with Crippen molar-refractivity contribution in [2.45, 2.75) is 4.90 Å². The summed E-state index contributed by atoms with van der Waals surface area (Å²) in [6.45, 7) is 0. The number of para-hydroxylation sites is 1. The van der Waals surface area contributed by atoms with Gasteiger partial charge in [0.1, 0.15) is 5.75 Å². The van der Waals surface area contributed by atoms with Gasteiger partial charge in [0.15, 0.2) is 0 Å². The molecule has 0 atom stereocenters. The highest BCUT2D eigenvalue weighted by atomic mass is 79.9. The van der Waals surface area contributed by atoms with Crippen molar-refractivity contribution >= 4 is 39.3 Å². The van der Waals surface area contributed by atoms with E-state index in [0.717, 1.165) is 15.1 Å². The second-order valence-corrected chi connectivity index (χ2v) is 5.76. The van der Waals surface area contributed by atoms with Crippen LogP contribution in [0, 0.1) is 0 Å². The Labute approximate surface area is 130 Å². The van der Waals surface area contributed by atoms with Gasteiger partial charge in [0.05, 0.1) is 18.4 Å². The van der Waals surface area contributed by atoms with Gasteiger partial charge in [0.2, 0.25) is 0 Å². The molecule has 0 heterocycles. The highest BCUT2D eigenvalue weighted by Gasteiger charge is 2.14. The summed E-state index contributed by atoms with van der Waals surface area (Å²) in [5.41, 5.74) is 1.31. The third kappa shape index (κ3) is 3.35. The number of methoxy groups -OCH3 is 1. The maximum Gasteiger partial charge on any atom is 0.259 e. The Morgan fingerprint density at radius 2 is 2.00 bits per heavy atom. The van der Waals surface area contributed by atoms with E-state index in [2.05, 4.69) is 21.2 Å². The molecule has 0 aromatic heterocycles. The van der Waals surface area contributed by atoms with Crippen molar-refractivity contribution in [3.05, 3.63) is 52.5 Å². The standard InChI is InChI=1S/C15H14BrNO2S/c1-19-13-9-10(16)7-8-11(13)15(18)17-12-5-3-4-6-14(12)20-2/h3-9H,1-2H3,(H,17,18). The number of halogens is 1. The van der Waals surface area contributed by atoms with Gasteiger partial charge in [-0.3, -0.25) is 4.79 Å². The molecule has 0 radical (unpaired) electrons. The predicted octanol–water partition coefficient (Wildman–Crippen LogP) is 4.43. The first-order valence-corrected chi connectivity index (χ1v) is 7.95. The molecular weight excluding hydrogens is 338 g/mol. The van der Waals surface area contributed by atoms with Crippen LogP contribution in [-0.4, -0.2) is 19.3 Å².